The topological polar surface area (TPSA) is 360 Å². The van der Waals surface area contributed by atoms with E-state index in [0.717, 1.165) is 121 Å². The molecule has 2 atom stereocenters. The highest BCUT2D eigenvalue weighted by Crippen LogP contribution is 2.46. The van der Waals surface area contributed by atoms with Gasteiger partial charge < -0.3 is 51.9 Å². The van der Waals surface area contributed by atoms with Crippen molar-refractivity contribution < 1.29 is 29.4 Å². The molecular weight excluding hydrogens is 1410 g/mol. The fraction of sp³-hybridized carbons (Fsp3) is 0.407. The second-order valence-electron chi connectivity index (χ2n) is 30.2. The van der Waals surface area contributed by atoms with E-state index < -0.39 is 0 Å². The summed E-state index contributed by atoms with van der Waals surface area (Å²) in [4.78, 5) is 90.5. The molecule has 6 saturated carbocycles. The molecule has 570 valence electrons. The van der Waals surface area contributed by atoms with Gasteiger partial charge in [-0.3, -0.25) is 39.1 Å². The average Bonchev–Trinajstić information content (AvgIpc) is 1.65. The lowest BCUT2D eigenvalue weighted by molar-refractivity contribution is 0.101. The molecule has 20 rings (SSSR count). The van der Waals surface area contributed by atoms with Gasteiger partial charge in [0, 0.05) is 121 Å². The van der Waals surface area contributed by atoms with E-state index in [-0.39, 0.29) is 48.9 Å². The summed E-state index contributed by atoms with van der Waals surface area (Å²) < 4.78 is 6.89. The highest BCUT2D eigenvalue weighted by atomic mass is 16.3. The second kappa shape index (κ2) is 32.3. The number of aromatic nitrogens is 16. The van der Waals surface area contributed by atoms with Crippen LogP contribution in [0.4, 0.5) is 46.5 Å². The minimum Gasteiger partial charge on any atom is -0.394 e. The first-order chi connectivity index (χ1) is 54.5. The van der Waals surface area contributed by atoms with Gasteiger partial charge >= 0.3 is 0 Å². The van der Waals surface area contributed by atoms with Crippen molar-refractivity contribution in [2.45, 2.75) is 183 Å². The smallest absolute Gasteiger partial charge is 0.258 e. The van der Waals surface area contributed by atoms with Gasteiger partial charge in [-0.25, -0.2) is 19.9 Å². The Morgan fingerprint density at radius 2 is 0.649 bits per heavy atom. The third-order valence-electron chi connectivity index (χ3n) is 22.1. The molecule has 4 amide bonds. The lowest BCUT2D eigenvalue weighted by Gasteiger charge is -2.25. The Bertz CT molecular complexity index is 5140. The number of hydrogen-bond donors (Lipinski definition) is 8. The van der Waals surface area contributed by atoms with Gasteiger partial charge in [-0.2, -0.15) is 38.5 Å². The molecule has 30 heteroatoms. The van der Waals surface area contributed by atoms with Crippen molar-refractivity contribution >= 4 is 92.8 Å². The monoisotopic (exact) mass is 1490 g/mol. The molecule has 0 radical (unpaired) electrons. The predicted octanol–water partition coefficient (Wildman–Crippen LogP) is 12.0. The lowest BCUT2D eigenvalue weighted by Crippen LogP contribution is -2.33. The molecule has 8 fully saturated rings. The summed E-state index contributed by atoms with van der Waals surface area (Å²) >= 11 is 0. The van der Waals surface area contributed by atoms with E-state index in [1.54, 1.807) is 104 Å². The maximum Gasteiger partial charge on any atom is 0.258 e. The van der Waals surface area contributed by atoms with Crippen LogP contribution in [0.15, 0.2) is 147 Å². The van der Waals surface area contributed by atoms with E-state index in [2.05, 4.69) is 82.0 Å². The van der Waals surface area contributed by atoms with Crippen LogP contribution in [0.3, 0.4) is 0 Å². The molecule has 6 aliphatic carbocycles. The zero-order valence-corrected chi connectivity index (χ0v) is 61.7. The lowest BCUT2D eigenvalue weighted by atomic mass is 9.95. The van der Waals surface area contributed by atoms with Crippen molar-refractivity contribution in [2.75, 3.05) is 68.0 Å². The number of aliphatic hydroxyl groups excluding tert-OH is 2. The fourth-order valence-corrected chi connectivity index (χ4v) is 15.6. The van der Waals surface area contributed by atoms with E-state index >= 15 is 0 Å². The first-order valence-electron chi connectivity index (χ1n) is 39.2. The van der Waals surface area contributed by atoms with E-state index in [0.29, 0.717) is 81.3 Å². The van der Waals surface area contributed by atoms with Gasteiger partial charge in [-0.05, 0) is 175 Å². The summed E-state index contributed by atoms with van der Waals surface area (Å²) in [6, 6.07) is 22.4. The summed E-state index contributed by atoms with van der Waals surface area (Å²) in [5.41, 5.74) is 9.83. The Balaban J connectivity index is 0.000000108. The van der Waals surface area contributed by atoms with Gasteiger partial charge in [-0.1, -0.05) is 32.1 Å². The Labute approximate surface area is 639 Å². The van der Waals surface area contributed by atoms with Crippen molar-refractivity contribution in [3.63, 3.8) is 0 Å². The quantitative estimate of drug-likeness (QED) is 0.0351. The van der Waals surface area contributed by atoms with Gasteiger partial charge in [0.25, 0.3) is 23.6 Å². The number of amides is 4. The molecule has 12 aromatic rings. The number of anilines is 8. The highest BCUT2D eigenvalue weighted by Gasteiger charge is 2.35. The maximum absolute atomic E-state index is 12.7. The fourth-order valence-electron chi connectivity index (χ4n) is 15.6. The number of aliphatic hydroxyl groups is 2. The minimum atomic E-state index is -0.241. The molecule has 12 aromatic heterocycles. The van der Waals surface area contributed by atoms with Crippen molar-refractivity contribution in [1.82, 2.24) is 78.3 Å². The van der Waals surface area contributed by atoms with E-state index in [4.69, 9.17) is 19.9 Å². The normalized spacial score (nSPS) is 18.4. The van der Waals surface area contributed by atoms with Crippen LogP contribution in [0.1, 0.15) is 222 Å². The molecule has 0 bridgehead atoms. The molecule has 111 heavy (non-hydrogen) atoms. The second-order valence-corrected chi connectivity index (χ2v) is 30.2. The number of fused-ring (bicyclic) bond motifs is 4. The number of rotatable bonds is 20. The van der Waals surface area contributed by atoms with Gasteiger partial charge in [0.15, 0.2) is 22.6 Å². The van der Waals surface area contributed by atoms with Crippen LogP contribution in [0.2, 0.25) is 0 Å². The van der Waals surface area contributed by atoms with Crippen LogP contribution in [-0.2, 0) is 0 Å². The number of nitrogens with zero attached hydrogens (tertiary/aromatic N) is 18. The van der Waals surface area contributed by atoms with Crippen LogP contribution in [0, 0.1) is 0 Å². The summed E-state index contributed by atoms with van der Waals surface area (Å²) in [6.45, 7) is 1.88. The third kappa shape index (κ3) is 16.4. The van der Waals surface area contributed by atoms with Gasteiger partial charge in [0.1, 0.15) is 46.5 Å². The number of nitrogens with one attached hydrogen (secondary N) is 6. The largest absolute Gasteiger partial charge is 0.394 e. The predicted molar refractivity (Wildman–Crippen MR) is 420 cm³/mol. The van der Waals surface area contributed by atoms with Gasteiger partial charge in [0.2, 0.25) is 0 Å². The van der Waals surface area contributed by atoms with Crippen molar-refractivity contribution in [3.05, 3.63) is 192 Å². The molecular formula is C81H90N24O6. The first-order valence-corrected chi connectivity index (χ1v) is 39.2. The summed E-state index contributed by atoms with van der Waals surface area (Å²) in [5, 5.41) is 56.5. The van der Waals surface area contributed by atoms with E-state index in [1.807, 2.05) is 49.1 Å². The van der Waals surface area contributed by atoms with Crippen LogP contribution in [0.5, 0.6) is 0 Å². The zero-order chi connectivity index (χ0) is 75.3. The van der Waals surface area contributed by atoms with Crippen molar-refractivity contribution in [2.24, 2.45) is 0 Å². The Hall–Kier alpha value is -11.9. The molecule has 0 spiro atoms. The minimum absolute atomic E-state index is 0.0594. The molecule has 8 aliphatic rings. The number of carbonyl (C=O) groups excluding carboxylic acids is 4. The summed E-state index contributed by atoms with van der Waals surface area (Å²) in [6.07, 6.45) is 44.5. The number of hydrogen-bond acceptors (Lipinski definition) is 22. The molecule has 30 nitrogen and oxygen atoms in total. The van der Waals surface area contributed by atoms with Crippen LogP contribution in [-0.4, -0.2) is 163 Å². The summed E-state index contributed by atoms with van der Waals surface area (Å²) in [7, 11) is 0. The van der Waals surface area contributed by atoms with Crippen molar-refractivity contribution in [3.8, 4) is 0 Å². The third-order valence-corrected chi connectivity index (χ3v) is 22.1. The van der Waals surface area contributed by atoms with Gasteiger partial charge in [0.05, 0.1) is 72.3 Å². The molecule has 2 saturated heterocycles. The Morgan fingerprint density at radius 1 is 0.351 bits per heavy atom. The molecule has 0 unspecified atom stereocenters. The molecule has 8 N–H and O–H groups in total. The molecule has 14 heterocycles. The number of pyridine rings is 4. The van der Waals surface area contributed by atoms with Crippen molar-refractivity contribution in [1.29, 1.82) is 0 Å². The van der Waals surface area contributed by atoms with Crippen LogP contribution in [0.25, 0.3) is 22.6 Å². The average molecular weight is 1500 g/mol. The molecule has 2 aliphatic heterocycles. The number of carbonyl (C=O) groups is 4. The van der Waals surface area contributed by atoms with E-state index in [9.17, 15) is 29.4 Å². The molecule has 0 aromatic carbocycles. The first kappa shape index (κ1) is 72.0. The maximum atomic E-state index is 12.7. The summed E-state index contributed by atoms with van der Waals surface area (Å²) in [5.74, 6) is 6.74. The SMILES string of the molecule is O=C(Nc1cc(N2CCC[C@@H]2CO)nc2c(C3CC3)cnn12)c1cccnc1.O=C(Nc1cc(N2CCC[C@H]2CO)nc2c(C3CC3)cnn12)c1cccnc1.O=C(Nc1cc(NC2CCCC2)nc2c(C3CC3)cnn12)c1cccnc1.O=C(Nc1cc(NC2CCCCC2)nc2c(C3CC3)cnn12)c1cccnc1. The standard InChI is InChI=1S/C21H24N6O.2C20H22N6O2.C20H22N6O/c28-21(15-5-4-10-22-12-15)26-19-11-18(24-16-6-2-1-3-7-16)25-20-17(14-8-9-14)13-23-27(19)20;2*27-12-15-4-2-8-25(15)17-9-18(24-20(28)14-3-1-7-21-10-14)26-19(23-17)16(11-22-26)13-5-6-13;27-20(14-4-3-9-21-11-14)25-18-10-17(23-15-5-1-2-6-15)24-19-16(13-7-8-13)12-22-26(18)19/h4-5,10-14,16H,1-3,6-9H2,(H,24,25)(H,26,28);2*1,3,7,9-11,13,15,27H,2,4-6,8,12H2,(H,24,28);3-4,9-13,15H,1-2,5-8H2,(H,23,24)(H,25,27)/t;2*15-;/m.10./s1. The van der Waals surface area contributed by atoms with Crippen LogP contribution < -0.4 is 41.7 Å². The highest BCUT2D eigenvalue weighted by molar-refractivity contribution is 6.06. The van der Waals surface area contributed by atoms with Crippen LogP contribution >= 0.6 is 0 Å². The van der Waals surface area contributed by atoms with E-state index in [1.165, 1.54) is 107 Å². The Kier molecular flexibility index (Phi) is 21.0. The Morgan fingerprint density at radius 3 is 0.937 bits per heavy atom. The zero-order valence-electron chi connectivity index (χ0n) is 61.7. The van der Waals surface area contributed by atoms with Gasteiger partial charge in [-0.15, -0.1) is 0 Å².